The van der Waals surface area contributed by atoms with Crippen LogP contribution in [0.4, 0.5) is 23.1 Å². The predicted octanol–water partition coefficient (Wildman–Crippen LogP) is 4.51. The number of aromatic nitrogens is 4. The van der Waals surface area contributed by atoms with E-state index in [2.05, 4.69) is 22.1 Å². The molecule has 2 aromatic heterocycles. The first-order valence-corrected chi connectivity index (χ1v) is 11.1. The molecule has 31 heavy (non-hydrogen) atoms. The Labute approximate surface area is 180 Å². The van der Waals surface area contributed by atoms with Gasteiger partial charge < -0.3 is 14.8 Å². The van der Waals surface area contributed by atoms with E-state index in [-0.39, 0.29) is 5.69 Å². The molecule has 1 aromatic carbocycles. The molecule has 0 radical (unpaired) electrons. The molecule has 0 amide bonds. The van der Waals surface area contributed by atoms with Crippen molar-refractivity contribution in [2.75, 3.05) is 23.3 Å². The highest BCUT2D eigenvalue weighted by molar-refractivity contribution is 5.86. The van der Waals surface area contributed by atoms with Gasteiger partial charge in [-0.25, -0.2) is 4.98 Å². The van der Waals surface area contributed by atoms with Gasteiger partial charge in [0, 0.05) is 37.5 Å². The Morgan fingerprint density at radius 2 is 2.03 bits per heavy atom. The predicted molar refractivity (Wildman–Crippen MR) is 120 cm³/mol. The van der Waals surface area contributed by atoms with Gasteiger partial charge in [-0.1, -0.05) is 25.3 Å². The van der Waals surface area contributed by atoms with Gasteiger partial charge in [0.15, 0.2) is 17.0 Å². The van der Waals surface area contributed by atoms with Gasteiger partial charge in [0.2, 0.25) is 5.95 Å². The number of nitro benzene ring substituents is 1. The zero-order valence-corrected chi connectivity index (χ0v) is 17.7. The van der Waals surface area contributed by atoms with Gasteiger partial charge in [-0.05, 0) is 37.7 Å². The number of anilines is 3. The van der Waals surface area contributed by atoms with Gasteiger partial charge in [-0.2, -0.15) is 9.97 Å². The van der Waals surface area contributed by atoms with Crippen LogP contribution in [0.15, 0.2) is 30.6 Å². The molecule has 1 saturated carbocycles. The molecule has 1 aliphatic heterocycles. The number of nitrogens with one attached hydrogen (secondary N) is 1. The Morgan fingerprint density at radius 3 is 2.84 bits per heavy atom. The van der Waals surface area contributed by atoms with Gasteiger partial charge >= 0.3 is 0 Å². The van der Waals surface area contributed by atoms with Crippen molar-refractivity contribution in [3.05, 3.63) is 40.7 Å². The Bertz CT molecular complexity index is 1110. The molecule has 3 heterocycles. The Kier molecular flexibility index (Phi) is 5.17. The molecule has 0 unspecified atom stereocenters. The summed E-state index contributed by atoms with van der Waals surface area (Å²) in [7, 11) is 0. The molecule has 5 rings (SSSR count). The summed E-state index contributed by atoms with van der Waals surface area (Å²) < 4.78 is 2.01. The van der Waals surface area contributed by atoms with Crippen LogP contribution in [0.25, 0.3) is 11.2 Å². The number of hydrogen-bond acceptors (Lipinski definition) is 7. The smallest absolute Gasteiger partial charge is 0.271 e. The minimum Gasteiger partial charge on any atom is -0.340 e. The first kappa shape index (κ1) is 19.7. The summed E-state index contributed by atoms with van der Waals surface area (Å²) in [5.41, 5.74) is 2.10. The van der Waals surface area contributed by atoms with Gasteiger partial charge in [0.05, 0.1) is 11.3 Å². The Hall–Kier alpha value is -3.23. The van der Waals surface area contributed by atoms with Crippen LogP contribution in [-0.4, -0.2) is 37.5 Å². The molecule has 1 N–H and O–H groups in total. The van der Waals surface area contributed by atoms with E-state index in [0.29, 0.717) is 28.9 Å². The van der Waals surface area contributed by atoms with Crippen LogP contribution in [0.1, 0.15) is 39.0 Å². The van der Waals surface area contributed by atoms with Gasteiger partial charge in [-0.3, -0.25) is 10.1 Å². The highest BCUT2D eigenvalue weighted by atomic mass is 16.6. The van der Waals surface area contributed by atoms with Gasteiger partial charge in [0.1, 0.15) is 0 Å². The number of benzene rings is 1. The maximum absolute atomic E-state index is 11.2. The number of nitro groups is 1. The fraction of sp³-hybridized carbons (Fsp3) is 0.500. The number of aryl methyl sites for hydroxylation is 1. The molecule has 1 saturated heterocycles. The number of fused-ring (bicyclic) bond motifs is 2. The van der Waals surface area contributed by atoms with E-state index >= 15 is 0 Å². The molecule has 0 spiro atoms. The van der Waals surface area contributed by atoms with Crippen LogP contribution in [-0.2, 0) is 6.54 Å². The summed E-state index contributed by atoms with van der Waals surface area (Å²) in [5.74, 6) is 2.83. The van der Waals surface area contributed by atoms with Gasteiger partial charge in [-0.15, -0.1) is 0 Å². The second-order valence-electron chi connectivity index (χ2n) is 8.55. The van der Waals surface area contributed by atoms with Crippen molar-refractivity contribution in [2.45, 2.75) is 45.6 Å². The summed E-state index contributed by atoms with van der Waals surface area (Å²) in [5, 5.41) is 14.4. The largest absolute Gasteiger partial charge is 0.340 e. The van der Waals surface area contributed by atoms with Crippen LogP contribution in [0.5, 0.6) is 0 Å². The number of nitrogens with zero attached hydrogens (tertiary/aromatic N) is 6. The summed E-state index contributed by atoms with van der Waals surface area (Å²) in [6.07, 6.45) is 8.27. The lowest BCUT2D eigenvalue weighted by Gasteiger charge is -2.41. The number of imidazole rings is 1. The van der Waals surface area contributed by atoms with E-state index in [4.69, 9.17) is 9.97 Å². The third kappa shape index (κ3) is 3.80. The highest BCUT2D eigenvalue weighted by Gasteiger charge is 2.32. The average molecular weight is 422 g/mol. The van der Waals surface area contributed by atoms with Crippen molar-refractivity contribution >= 4 is 34.3 Å². The average Bonchev–Trinajstić information content (AvgIpc) is 3.22. The van der Waals surface area contributed by atoms with Crippen molar-refractivity contribution in [3.63, 3.8) is 0 Å². The van der Waals surface area contributed by atoms with E-state index < -0.39 is 4.92 Å². The molecule has 1 aliphatic carbocycles. The molecular formula is C22H27N7O2. The van der Waals surface area contributed by atoms with Crippen LogP contribution in [0.3, 0.4) is 0 Å². The summed E-state index contributed by atoms with van der Waals surface area (Å²) in [6, 6.07) is 6.45. The molecule has 0 bridgehead atoms. The summed E-state index contributed by atoms with van der Waals surface area (Å²) in [6.45, 7) is 4.77. The Morgan fingerprint density at radius 1 is 1.19 bits per heavy atom. The summed E-state index contributed by atoms with van der Waals surface area (Å²) >= 11 is 0. The quantitative estimate of drug-likeness (QED) is 0.477. The van der Waals surface area contributed by atoms with Crippen molar-refractivity contribution in [3.8, 4) is 0 Å². The second kappa shape index (κ2) is 8.13. The molecule has 2 atom stereocenters. The zero-order valence-electron chi connectivity index (χ0n) is 17.7. The third-order valence-electron chi connectivity index (χ3n) is 6.69. The van der Waals surface area contributed by atoms with Crippen LogP contribution in [0.2, 0.25) is 0 Å². The van der Waals surface area contributed by atoms with Crippen molar-refractivity contribution in [1.29, 1.82) is 0 Å². The topological polar surface area (TPSA) is 102 Å². The maximum Gasteiger partial charge on any atom is 0.271 e. The molecule has 9 nitrogen and oxygen atoms in total. The monoisotopic (exact) mass is 421 g/mol. The molecule has 162 valence electrons. The molecular weight excluding hydrogens is 394 g/mol. The lowest BCUT2D eigenvalue weighted by atomic mass is 9.75. The first-order valence-electron chi connectivity index (χ1n) is 11.1. The lowest BCUT2D eigenvalue weighted by Crippen LogP contribution is -2.42. The highest BCUT2D eigenvalue weighted by Crippen LogP contribution is 2.37. The van der Waals surface area contributed by atoms with Crippen LogP contribution in [0, 0.1) is 22.0 Å². The SMILES string of the molecule is CCn1cnc2c(Nc3cccc([N+](=O)[O-])c3)nc(N3CC[C@H]4CCCC[C@H]4C3)nc21. The van der Waals surface area contributed by atoms with Crippen LogP contribution < -0.4 is 10.2 Å². The normalized spacial score (nSPS) is 21.1. The van der Waals surface area contributed by atoms with E-state index in [9.17, 15) is 10.1 Å². The Balaban J connectivity index is 1.51. The zero-order chi connectivity index (χ0) is 21.4. The minimum absolute atomic E-state index is 0.0361. The number of hydrogen-bond donors (Lipinski definition) is 1. The maximum atomic E-state index is 11.2. The van der Waals surface area contributed by atoms with E-state index in [1.165, 1.54) is 44.2 Å². The minimum atomic E-state index is -0.397. The number of rotatable bonds is 5. The van der Waals surface area contributed by atoms with Crippen molar-refractivity contribution in [1.82, 2.24) is 19.5 Å². The molecule has 2 aliphatic rings. The van der Waals surface area contributed by atoms with E-state index in [1.807, 2.05) is 4.57 Å². The van der Waals surface area contributed by atoms with Gasteiger partial charge in [0.25, 0.3) is 5.69 Å². The fourth-order valence-corrected chi connectivity index (χ4v) is 5.01. The summed E-state index contributed by atoms with van der Waals surface area (Å²) in [4.78, 5) is 27.3. The molecule has 3 aromatic rings. The van der Waals surface area contributed by atoms with Crippen molar-refractivity contribution < 1.29 is 4.92 Å². The third-order valence-corrected chi connectivity index (χ3v) is 6.69. The van der Waals surface area contributed by atoms with Crippen molar-refractivity contribution in [2.24, 2.45) is 11.8 Å². The van der Waals surface area contributed by atoms with E-state index in [1.54, 1.807) is 18.5 Å². The standard InChI is InChI=1S/C22H27N7O2/c1-2-27-14-23-19-20(24-17-8-5-9-18(12-17)29(30)31)25-22(26-21(19)27)28-11-10-15-6-3-4-7-16(15)13-28/h5,8-9,12,14-16H,2-4,6-7,10-11,13H2,1H3,(H,24,25,26)/t15-,16+/m1/s1. The number of piperidine rings is 1. The lowest BCUT2D eigenvalue weighted by molar-refractivity contribution is -0.384. The second-order valence-corrected chi connectivity index (χ2v) is 8.55. The van der Waals surface area contributed by atoms with E-state index in [0.717, 1.165) is 31.2 Å². The molecule has 9 heteroatoms. The molecule has 2 fully saturated rings. The fourth-order valence-electron chi connectivity index (χ4n) is 5.01. The first-order chi connectivity index (χ1) is 15.1. The van der Waals surface area contributed by atoms with Crippen LogP contribution >= 0.6 is 0 Å². The number of non-ortho nitro benzene ring substituents is 1.